The third kappa shape index (κ3) is 3.80. The van der Waals surface area contributed by atoms with Crippen molar-refractivity contribution in [2.75, 3.05) is 5.75 Å². The summed E-state index contributed by atoms with van der Waals surface area (Å²) >= 11 is 0. The molecule has 0 unspecified atom stereocenters. The molecule has 1 fully saturated rings. The monoisotopic (exact) mass is 281 g/mol. The molecule has 1 aliphatic carbocycles. The van der Waals surface area contributed by atoms with E-state index in [9.17, 15) is 13.2 Å². The quantitative estimate of drug-likeness (QED) is 0.898. The molecule has 1 saturated carbocycles. The van der Waals surface area contributed by atoms with Crippen LogP contribution < -0.4 is 4.72 Å². The SMILES string of the molecule is C[C@H](C(=O)NS(=O)(=O)CC1CCC1)c1ccccc1. The van der Waals surface area contributed by atoms with Gasteiger partial charge in [-0.15, -0.1) is 0 Å². The highest BCUT2D eigenvalue weighted by Gasteiger charge is 2.27. The van der Waals surface area contributed by atoms with Gasteiger partial charge in [-0.25, -0.2) is 8.42 Å². The summed E-state index contributed by atoms with van der Waals surface area (Å²) in [6.07, 6.45) is 2.99. The van der Waals surface area contributed by atoms with Gasteiger partial charge in [0.25, 0.3) is 0 Å². The van der Waals surface area contributed by atoms with Crippen LogP contribution in [0.1, 0.15) is 37.7 Å². The largest absolute Gasteiger partial charge is 0.273 e. The number of nitrogens with one attached hydrogen (secondary N) is 1. The topological polar surface area (TPSA) is 63.2 Å². The van der Waals surface area contributed by atoms with Gasteiger partial charge in [-0.3, -0.25) is 9.52 Å². The third-order valence-corrected chi connectivity index (χ3v) is 5.05. The summed E-state index contributed by atoms with van der Waals surface area (Å²) < 4.78 is 25.9. The zero-order valence-electron chi connectivity index (χ0n) is 11.0. The normalized spacial score (nSPS) is 17.5. The lowest BCUT2D eigenvalue weighted by atomic mass is 9.87. The fourth-order valence-corrected chi connectivity index (χ4v) is 3.67. The Bertz CT molecular complexity index is 535. The Morgan fingerprint density at radius 2 is 1.95 bits per heavy atom. The van der Waals surface area contributed by atoms with Crippen molar-refractivity contribution >= 4 is 15.9 Å². The van der Waals surface area contributed by atoms with Crippen LogP contribution in [0, 0.1) is 5.92 Å². The van der Waals surface area contributed by atoms with E-state index in [1.807, 2.05) is 30.3 Å². The Morgan fingerprint density at radius 1 is 1.32 bits per heavy atom. The summed E-state index contributed by atoms with van der Waals surface area (Å²) in [6.45, 7) is 1.71. The summed E-state index contributed by atoms with van der Waals surface area (Å²) in [5, 5.41) is 0. The van der Waals surface area contributed by atoms with Crippen molar-refractivity contribution in [3.63, 3.8) is 0 Å². The molecule has 1 aromatic carbocycles. The van der Waals surface area contributed by atoms with Gasteiger partial charge in [-0.05, 0) is 31.2 Å². The van der Waals surface area contributed by atoms with Gasteiger partial charge in [0.15, 0.2) is 0 Å². The van der Waals surface area contributed by atoms with Gasteiger partial charge in [0.05, 0.1) is 11.7 Å². The fourth-order valence-electron chi connectivity index (χ4n) is 2.15. The summed E-state index contributed by atoms with van der Waals surface area (Å²) in [7, 11) is -3.49. The number of amides is 1. The van der Waals surface area contributed by atoms with Crippen molar-refractivity contribution in [3.05, 3.63) is 35.9 Å². The van der Waals surface area contributed by atoms with E-state index in [1.165, 1.54) is 0 Å². The number of carbonyl (C=O) groups excluding carboxylic acids is 1. The van der Waals surface area contributed by atoms with Gasteiger partial charge in [0, 0.05) is 0 Å². The first-order chi connectivity index (χ1) is 8.98. The summed E-state index contributed by atoms with van der Waals surface area (Å²) in [4.78, 5) is 12.0. The Morgan fingerprint density at radius 3 is 2.47 bits per heavy atom. The molecule has 0 spiro atoms. The molecule has 104 valence electrons. The maximum absolute atomic E-state index is 12.0. The smallest absolute Gasteiger partial charge is 0.240 e. The molecule has 0 saturated heterocycles. The molecule has 4 nitrogen and oxygen atoms in total. The Balaban J connectivity index is 1.96. The third-order valence-electron chi connectivity index (χ3n) is 3.63. The summed E-state index contributed by atoms with van der Waals surface area (Å²) in [5.74, 6) is -0.625. The van der Waals surface area contributed by atoms with Crippen LogP contribution in [-0.2, 0) is 14.8 Å². The highest BCUT2D eigenvalue weighted by atomic mass is 32.2. The van der Waals surface area contributed by atoms with Crippen LogP contribution in [0.15, 0.2) is 30.3 Å². The molecule has 1 aromatic rings. The Labute approximate surface area is 114 Å². The first kappa shape index (κ1) is 14.1. The van der Waals surface area contributed by atoms with Crippen molar-refractivity contribution in [2.45, 2.75) is 32.1 Å². The predicted molar refractivity (Wildman–Crippen MR) is 74.1 cm³/mol. The lowest BCUT2D eigenvalue weighted by molar-refractivity contribution is -0.120. The van der Waals surface area contributed by atoms with E-state index in [1.54, 1.807) is 6.92 Å². The van der Waals surface area contributed by atoms with E-state index in [2.05, 4.69) is 4.72 Å². The van der Waals surface area contributed by atoms with Gasteiger partial charge in [0.2, 0.25) is 15.9 Å². The van der Waals surface area contributed by atoms with Gasteiger partial charge < -0.3 is 0 Å². The highest BCUT2D eigenvalue weighted by molar-refractivity contribution is 7.90. The molecule has 2 rings (SSSR count). The Hall–Kier alpha value is -1.36. The maximum Gasteiger partial charge on any atom is 0.240 e. The number of rotatable bonds is 5. The molecule has 1 aliphatic rings. The zero-order chi connectivity index (χ0) is 13.9. The molecule has 1 N–H and O–H groups in total. The summed E-state index contributed by atoms with van der Waals surface area (Å²) in [5.41, 5.74) is 0.818. The second kappa shape index (κ2) is 5.74. The van der Waals surface area contributed by atoms with Gasteiger partial charge in [-0.2, -0.15) is 0 Å². The van der Waals surface area contributed by atoms with Crippen LogP contribution in [0.2, 0.25) is 0 Å². The predicted octanol–water partition coefficient (Wildman–Crippen LogP) is 2.04. The fraction of sp³-hybridized carbons (Fsp3) is 0.500. The lowest BCUT2D eigenvalue weighted by Gasteiger charge is -2.25. The van der Waals surface area contributed by atoms with E-state index in [0.717, 1.165) is 24.8 Å². The van der Waals surface area contributed by atoms with Crippen LogP contribution in [0.4, 0.5) is 0 Å². The number of hydrogen-bond acceptors (Lipinski definition) is 3. The van der Waals surface area contributed by atoms with Crippen LogP contribution in [0.5, 0.6) is 0 Å². The summed E-state index contributed by atoms with van der Waals surface area (Å²) in [6, 6.07) is 9.18. The van der Waals surface area contributed by atoms with E-state index in [0.29, 0.717) is 0 Å². The van der Waals surface area contributed by atoms with Crippen LogP contribution >= 0.6 is 0 Å². The van der Waals surface area contributed by atoms with Crippen LogP contribution in [0.3, 0.4) is 0 Å². The second-order valence-corrected chi connectivity index (χ2v) is 6.94. The van der Waals surface area contributed by atoms with Gasteiger partial charge >= 0.3 is 0 Å². The van der Waals surface area contributed by atoms with Crippen molar-refractivity contribution in [2.24, 2.45) is 5.92 Å². The van der Waals surface area contributed by atoms with Crippen molar-refractivity contribution in [3.8, 4) is 0 Å². The van der Waals surface area contributed by atoms with E-state index >= 15 is 0 Å². The zero-order valence-corrected chi connectivity index (χ0v) is 11.8. The number of hydrogen-bond donors (Lipinski definition) is 1. The maximum atomic E-state index is 12.0. The number of benzene rings is 1. The highest BCUT2D eigenvalue weighted by Crippen LogP contribution is 2.27. The first-order valence-corrected chi connectivity index (χ1v) is 8.22. The van der Waals surface area contributed by atoms with Gasteiger partial charge in [0.1, 0.15) is 0 Å². The van der Waals surface area contributed by atoms with E-state index in [4.69, 9.17) is 0 Å². The van der Waals surface area contributed by atoms with Crippen LogP contribution in [0.25, 0.3) is 0 Å². The van der Waals surface area contributed by atoms with Crippen molar-refractivity contribution in [1.82, 2.24) is 4.72 Å². The Kier molecular flexibility index (Phi) is 4.24. The molecule has 1 amide bonds. The molecule has 0 aromatic heterocycles. The molecule has 0 heterocycles. The number of sulfonamides is 1. The second-order valence-electron chi connectivity index (χ2n) is 5.18. The van der Waals surface area contributed by atoms with Crippen LogP contribution in [-0.4, -0.2) is 20.1 Å². The molecule has 5 heteroatoms. The average molecular weight is 281 g/mol. The van der Waals surface area contributed by atoms with Crippen molar-refractivity contribution in [1.29, 1.82) is 0 Å². The molecule has 1 atom stereocenters. The number of carbonyl (C=O) groups is 1. The van der Waals surface area contributed by atoms with Gasteiger partial charge in [-0.1, -0.05) is 36.8 Å². The molecule has 19 heavy (non-hydrogen) atoms. The minimum atomic E-state index is -3.49. The first-order valence-electron chi connectivity index (χ1n) is 6.57. The lowest BCUT2D eigenvalue weighted by Crippen LogP contribution is -2.38. The van der Waals surface area contributed by atoms with E-state index < -0.39 is 21.8 Å². The minimum absolute atomic E-state index is 0.0697. The average Bonchev–Trinajstić information content (AvgIpc) is 2.34. The molecule has 0 aliphatic heterocycles. The molecule has 0 bridgehead atoms. The molecular weight excluding hydrogens is 262 g/mol. The molecule has 0 radical (unpaired) electrons. The minimum Gasteiger partial charge on any atom is -0.273 e. The van der Waals surface area contributed by atoms with E-state index in [-0.39, 0.29) is 11.7 Å². The van der Waals surface area contributed by atoms with Crippen molar-refractivity contribution < 1.29 is 13.2 Å². The standard InChI is InChI=1S/C14H19NO3S/c1-11(13-8-3-2-4-9-13)14(16)15-19(17,18)10-12-6-5-7-12/h2-4,8-9,11-12H,5-7,10H2,1H3,(H,15,16)/t11-/m0/s1. The molecular formula is C14H19NO3S.